The van der Waals surface area contributed by atoms with E-state index in [4.69, 9.17) is 5.11 Å². The summed E-state index contributed by atoms with van der Waals surface area (Å²) in [6, 6.07) is 0. The number of nitrogens with zero attached hydrogens (tertiary/aromatic N) is 1. The van der Waals surface area contributed by atoms with E-state index in [0.29, 0.717) is 0 Å². The van der Waals surface area contributed by atoms with Gasteiger partial charge in [-0.25, -0.2) is 0 Å². The molecule has 0 spiro atoms. The number of hydrogen-bond donors (Lipinski definition) is 1. The average molecular weight is 169 g/mol. The van der Waals surface area contributed by atoms with Crippen LogP contribution in [0.25, 0.3) is 0 Å². The largest absolute Gasteiger partial charge is 1.00 e. The van der Waals surface area contributed by atoms with Gasteiger partial charge >= 0.3 is 0 Å². The molecule has 1 radical (unpaired) electrons. The molecule has 0 aromatic heterocycles. The predicted octanol–water partition coefficient (Wildman–Crippen LogP) is -3.50. The smallest absolute Gasteiger partial charge is 0.0951 e. The molecule has 0 fully saturated rings. The molecule has 0 atom stereocenters. The molecule has 7 heavy (non-hydrogen) atoms. The van der Waals surface area contributed by atoms with Gasteiger partial charge in [0.1, 0.15) is 0 Å². The van der Waals surface area contributed by atoms with Crippen molar-refractivity contribution in [3.05, 3.63) is 0 Å². The first-order chi connectivity index (χ1) is 2.27. The zero-order chi connectivity index (χ0) is 4.28. The van der Waals surface area contributed by atoms with Crippen molar-refractivity contribution in [2.75, 3.05) is 20.8 Å². The van der Waals surface area contributed by atoms with Crippen LogP contribution in [0.4, 0.5) is 0 Å². The summed E-state index contributed by atoms with van der Waals surface area (Å²) in [6.45, 7) is 0.139. The normalized spacial score (nSPS) is 6.86. The number of aliphatic hydroxyl groups excluding tert-OH is 1. The fraction of sp³-hybridized carbons (Fsp3) is 1.00. The van der Waals surface area contributed by atoms with Gasteiger partial charge in [0, 0.05) is 16.8 Å². The summed E-state index contributed by atoms with van der Waals surface area (Å²) in [5, 5.41) is 8.07. The molecule has 0 aromatic carbocycles. The Bertz CT molecular complexity index is 28.9. The minimum absolute atomic E-state index is 0. The maximum Gasteiger partial charge on any atom is 0.0951 e. The van der Waals surface area contributed by atoms with Crippen LogP contribution in [0.1, 0.15) is 0 Å². The molecule has 0 aromatic rings. The Balaban J connectivity index is -0.0000000800. The van der Waals surface area contributed by atoms with Gasteiger partial charge in [0.2, 0.25) is 0 Å². The van der Waals surface area contributed by atoms with Crippen LogP contribution in [-0.2, 0) is 16.8 Å². The third kappa shape index (κ3) is 20.2. The van der Waals surface area contributed by atoms with Gasteiger partial charge in [-0.1, -0.05) is 0 Å². The molecule has 4 heteroatoms. The summed E-state index contributed by atoms with van der Waals surface area (Å²) in [4.78, 5) is 1.68. The molecule has 0 saturated heterocycles. The minimum atomic E-state index is 0. The fourth-order valence-corrected chi connectivity index (χ4v) is 0. The second-order valence-electron chi connectivity index (χ2n) is 1.22. The molecule has 1 N–H and O–H groups in total. The van der Waals surface area contributed by atoms with Crippen LogP contribution in [0, 0.1) is 0 Å². The van der Waals surface area contributed by atoms with E-state index in [1.54, 1.807) is 19.0 Å². The third-order valence-electron chi connectivity index (χ3n) is 0.283. The summed E-state index contributed by atoms with van der Waals surface area (Å²) in [6.07, 6.45) is 0. The molecule has 2 nitrogen and oxygen atoms in total. The van der Waals surface area contributed by atoms with Crippen molar-refractivity contribution in [1.29, 1.82) is 0 Å². The first-order valence-corrected chi connectivity index (χ1v) is 1.53. The van der Waals surface area contributed by atoms with Crippen molar-refractivity contribution in [2.45, 2.75) is 0 Å². The molecule has 49 valence electrons. The Labute approximate surface area is 60.5 Å². The standard InChI is InChI=1S/C3H9NO.ClH.Co/c1-4(2)3-5;;/h5H,3H2,1-2H3;1H;/p-1. The molecule has 0 rings (SSSR count). The van der Waals surface area contributed by atoms with E-state index in [9.17, 15) is 0 Å². The van der Waals surface area contributed by atoms with E-state index in [0.717, 1.165) is 0 Å². The fourth-order valence-electron chi connectivity index (χ4n) is 0. The van der Waals surface area contributed by atoms with Gasteiger partial charge in [-0.3, -0.25) is 4.90 Å². The van der Waals surface area contributed by atoms with Gasteiger partial charge in [-0.2, -0.15) is 0 Å². The topological polar surface area (TPSA) is 23.5 Å². The van der Waals surface area contributed by atoms with Crippen molar-refractivity contribution < 1.29 is 34.3 Å². The zero-order valence-electron chi connectivity index (χ0n) is 4.31. The Morgan fingerprint density at radius 2 is 1.57 bits per heavy atom. The molecule has 0 bridgehead atoms. The van der Waals surface area contributed by atoms with Crippen LogP contribution in [0.5, 0.6) is 0 Å². The summed E-state index contributed by atoms with van der Waals surface area (Å²) < 4.78 is 0. The maximum absolute atomic E-state index is 8.07. The van der Waals surface area contributed by atoms with Gasteiger partial charge in [0.25, 0.3) is 0 Å². The SMILES string of the molecule is CN(C)CO.[Cl-].[Co]. The number of hydrogen-bond acceptors (Lipinski definition) is 2. The van der Waals surface area contributed by atoms with Crippen LogP contribution in [0.15, 0.2) is 0 Å². The molecular weight excluding hydrogens is 160 g/mol. The van der Waals surface area contributed by atoms with Crippen molar-refractivity contribution >= 4 is 0 Å². The Morgan fingerprint density at radius 3 is 1.57 bits per heavy atom. The van der Waals surface area contributed by atoms with Gasteiger partial charge in [-0.15, -0.1) is 0 Å². The summed E-state index contributed by atoms with van der Waals surface area (Å²) >= 11 is 0. The van der Waals surface area contributed by atoms with Crippen molar-refractivity contribution in [3.8, 4) is 0 Å². The van der Waals surface area contributed by atoms with Crippen molar-refractivity contribution in [3.63, 3.8) is 0 Å². The van der Waals surface area contributed by atoms with Gasteiger partial charge in [0.05, 0.1) is 6.73 Å². The molecule has 0 unspecified atom stereocenters. The monoisotopic (exact) mass is 169 g/mol. The second kappa shape index (κ2) is 9.87. The molecular formula is C3H9ClCoNO-. The Morgan fingerprint density at radius 1 is 1.43 bits per heavy atom. The first kappa shape index (κ1) is 15.6. The predicted molar refractivity (Wildman–Crippen MR) is 20.8 cm³/mol. The van der Waals surface area contributed by atoms with E-state index in [-0.39, 0.29) is 35.9 Å². The minimum Gasteiger partial charge on any atom is -1.00 e. The van der Waals surface area contributed by atoms with E-state index in [1.807, 2.05) is 0 Å². The van der Waals surface area contributed by atoms with Crippen molar-refractivity contribution in [1.82, 2.24) is 4.90 Å². The first-order valence-electron chi connectivity index (χ1n) is 1.53. The molecule has 0 aliphatic rings. The second-order valence-corrected chi connectivity index (χ2v) is 1.22. The van der Waals surface area contributed by atoms with E-state index in [2.05, 4.69) is 0 Å². The summed E-state index contributed by atoms with van der Waals surface area (Å²) in [7, 11) is 3.61. The van der Waals surface area contributed by atoms with Crippen LogP contribution in [0.2, 0.25) is 0 Å². The van der Waals surface area contributed by atoms with Crippen LogP contribution < -0.4 is 12.4 Å². The third-order valence-corrected chi connectivity index (χ3v) is 0.283. The van der Waals surface area contributed by atoms with Crippen LogP contribution in [0.3, 0.4) is 0 Å². The maximum atomic E-state index is 8.07. The molecule has 0 aliphatic carbocycles. The van der Waals surface area contributed by atoms with Crippen LogP contribution >= 0.6 is 0 Å². The Kier molecular flexibility index (Phi) is 22.1. The summed E-state index contributed by atoms with van der Waals surface area (Å²) in [5.41, 5.74) is 0. The number of aliphatic hydroxyl groups is 1. The van der Waals surface area contributed by atoms with Gasteiger partial charge in [0.15, 0.2) is 0 Å². The molecule has 0 heterocycles. The molecule has 0 saturated carbocycles. The molecule has 0 aliphatic heterocycles. The Hall–Kier alpha value is 0.716. The van der Waals surface area contributed by atoms with Gasteiger partial charge in [-0.05, 0) is 14.1 Å². The zero-order valence-corrected chi connectivity index (χ0v) is 6.11. The van der Waals surface area contributed by atoms with Crippen molar-refractivity contribution in [2.24, 2.45) is 0 Å². The van der Waals surface area contributed by atoms with E-state index >= 15 is 0 Å². The number of rotatable bonds is 1. The quantitative estimate of drug-likeness (QED) is 0.412. The van der Waals surface area contributed by atoms with E-state index in [1.165, 1.54) is 0 Å². The molecule has 0 amide bonds. The summed E-state index contributed by atoms with van der Waals surface area (Å²) in [5.74, 6) is 0. The number of halogens is 1. The van der Waals surface area contributed by atoms with Crippen LogP contribution in [-0.4, -0.2) is 30.8 Å². The van der Waals surface area contributed by atoms with Gasteiger partial charge < -0.3 is 17.5 Å². The average Bonchev–Trinajstić information content (AvgIpc) is 1.38. The van der Waals surface area contributed by atoms with E-state index < -0.39 is 0 Å².